The highest BCUT2D eigenvalue weighted by Crippen LogP contribution is 2.16. The predicted molar refractivity (Wildman–Crippen MR) is 87.1 cm³/mol. The summed E-state index contributed by atoms with van der Waals surface area (Å²) < 4.78 is 23.6. The van der Waals surface area contributed by atoms with Gasteiger partial charge in [0.25, 0.3) is 0 Å². The van der Waals surface area contributed by atoms with Crippen molar-refractivity contribution < 1.29 is 18.0 Å². The van der Waals surface area contributed by atoms with E-state index in [1.165, 1.54) is 0 Å². The van der Waals surface area contributed by atoms with Gasteiger partial charge in [-0.15, -0.1) is 0 Å². The third-order valence-corrected chi connectivity index (χ3v) is 5.68. The van der Waals surface area contributed by atoms with E-state index in [2.05, 4.69) is 20.8 Å². The Labute approximate surface area is 129 Å². The highest BCUT2D eigenvalue weighted by molar-refractivity contribution is 6.75. The van der Waals surface area contributed by atoms with Crippen molar-refractivity contribution in [3.8, 4) is 5.75 Å². The number of hydrogen-bond acceptors (Lipinski definition) is 4. The van der Waals surface area contributed by atoms with Gasteiger partial charge >= 0.3 is 8.80 Å². The molecule has 0 aliphatic rings. The van der Waals surface area contributed by atoms with Crippen molar-refractivity contribution in [3.63, 3.8) is 0 Å². The Morgan fingerprint density at radius 2 is 1.38 bits per heavy atom. The number of methoxy groups -OCH3 is 1. The van der Waals surface area contributed by atoms with E-state index >= 15 is 0 Å². The van der Waals surface area contributed by atoms with Gasteiger partial charge in [-0.05, 0) is 31.4 Å². The van der Waals surface area contributed by atoms with Crippen molar-refractivity contribution in [1.82, 2.24) is 0 Å². The van der Waals surface area contributed by atoms with Gasteiger partial charge in [-0.1, -0.05) is 32.9 Å². The topological polar surface area (TPSA) is 36.9 Å². The third-order valence-electron chi connectivity index (χ3n) is 2.91. The zero-order valence-electron chi connectivity index (χ0n) is 13.7. The second-order valence-electron chi connectivity index (χ2n) is 4.83. The summed E-state index contributed by atoms with van der Waals surface area (Å²) in [5, 5.41) is 0.970. The van der Waals surface area contributed by atoms with Crippen LogP contribution in [0.5, 0.6) is 5.75 Å². The van der Waals surface area contributed by atoms with E-state index in [4.69, 9.17) is 18.0 Å². The molecule has 0 aromatic heterocycles. The average molecular weight is 312 g/mol. The molecule has 0 bridgehead atoms. The summed E-state index contributed by atoms with van der Waals surface area (Å²) in [4.78, 5) is 0. The highest BCUT2D eigenvalue weighted by Gasteiger charge is 2.44. The van der Waals surface area contributed by atoms with Gasteiger partial charge in [0.05, 0.1) is 7.11 Å². The highest BCUT2D eigenvalue weighted by atomic mass is 28.4. The molecule has 0 spiro atoms. The molecule has 0 atom stereocenters. The van der Waals surface area contributed by atoms with E-state index in [1.54, 1.807) is 7.11 Å². The molecule has 0 aliphatic heterocycles. The Morgan fingerprint density at radius 3 is 1.81 bits per heavy atom. The fraction of sp³-hybridized carbons (Fsp3) is 0.625. The summed E-state index contributed by atoms with van der Waals surface area (Å²) in [6, 6.07) is 7.85. The van der Waals surface area contributed by atoms with E-state index in [1.807, 2.05) is 24.3 Å². The molecule has 0 N–H and O–H groups in total. The molecule has 0 amide bonds. The summed E-state index contributed by atoms with van der Waals surface area (Å²) in [5.74, 6) is 0.796. The number of rotatable bonds is 11. The fourth-order valence-corrected chi connectivity index (χ4v) is 4.69. The van der Waals surface area contributed by atoms with Crippen LogP contribution in [-0.4, -0.2) is 35.7 Å². The second-order valence-corrected chi connectivity index (χ2v) is 7.39. The molecule has 5 heteroatoms. The molecule has 0 aliphatic carbocycles. The van der Waals surface area contributed by atoms with Crippen LogP contribution in [0.25, 0.3) is 0 Å². The standard InChI is InChI=1S/C16H28O4Si/c1-5-11-18-21(19-12-6-2,20-13-7-3)16-10-8-9-15(14-16)17-4/h8-10,14H,5-7,11-13H2,1-4H3. The van der Waals surface area contributed by atoms with Gasteiger partial charge < -0.3 is 18.0 Å². The molecular weight excluding hydrogens is 284 g/mol. The quantitative estimate of drug-likeness (QED) is 0.588. The molecule has 21 heavy (non-hydrogen) atoms. The predicted octanol–water partition coefficient (Wildman–Crippen LogP) is 3.12. The van der Waals surface area contributed by atoms with Crippen LogP contribution < -0.4 is 9.92 Å². The first-order valence-electron chi connectivity index (χ1n) is 7.78. The Balaban J connectivity index is 3.09. The first-order valence-corrected chi connectivity index (χ1v) is 9.51. The normalized spacial score (nSPS) is 11.6. The monoisotopic (exact) mass is 312 g/mol. The number of benzene rings is 1. The SMILES string of the molecule is CCCO[Si](OCCC)(OCCC)c1cccc(OC)c1. The molecule has 1 aromatic rings. The van der Waals surface area contributed by atoms with E-state index in [0.717, 1.165) is 30.2 Å². The molecule has 0 unspecified atom stereocenters. The van der Waals surface area contributed by atoms with Crippen LogP contribution in [-0.2, 0) is 13.3 Å². The zero-order chi connectivity index (χ0) is 15.6. The molecular formula is C16H28O4Si. The number of hydrogen-bond donors (Lipinski definition) is 0. The van der Waals surface area contributed by atoms with Gasteiger partial charge in [-0.3, -0.25) is 0 Å². The molecule has 0 heterocycles. The first kappa shape index (κ1) is 18.2. The van der Waals surface area contributed by atoms with Gasteiger partial charge in [-0.25, -0.2) is 0 Å². The van der Waals surface area contributed by atoms with Crippen molar-refractivity contribution in [1.29, 1.82) is 0 Å². The van der Waals surface area contributed by atoms with Crippen LogP contribution in [0, 0.1) is 0 Å². The van der Waals surface area contributed by atoms with Crippen molar-refractivity contribution >= 4 is 14.0 Å². The lowest BCUT2D eigenvalue weighted by Crippen LogP contribution is -2.57. The Kier molecular flexibility index (Phi) is 8.60. The number of ether oxygens (including phenoxy) is 1. The maximum Gasteiger partial charge on any atom is 0.537 e. The second kappa shape index (κ2) is 9.95. The Bertz CT molecular complexity index is 376. The van der Waals surface area contributed by atoms with Crippen LogP contribution >= 0.6 is 0 Å². The van der Waals surface area contributed by atoms with Crippen LogP contribution in [0.3, 0.4) is 0 Å². The zero-order valence-corrected chi connectivity index (χ0v) is 14.7. The minimum Gasteiger partial charge on any atom is -0.497 e. The molecule has 0 radical (unpaired) electrons. The summed E-state index contributed by atoms with van der Waals surface area (Å²) >= 11 is 0. The summed E-state index contributed by atoms with van der Waals surface area (Å²) in [6.45, 7) is 8.17. The minimum absolute atomic E-state index is 0.636. The lowest BCUT2D eigenvalue weighted by Gasteiger charge is -2.30. The van der Waals surface area contributed by atoms with E-state index in [-0.39, 0.29) is 0 Å². The molecule has 1 rings (SSSR count). The van der Waals surface area contributed by atoms with E-state index in [9.17, 15) is 0 Å². The average Bonchev–Trinajstić information content (AvgIpc) is 2.54. The smallest absolute Gasteiger partial charge is 0.497 e. The maximum atomic E-state index is 6.11. The fourth-order valence-electron chi connectivity index (χ4n) is 1.90. The van der Waals surface area contributed by atoms with Crippen LogP contribution in [0.2, 0.25) is 0 Å². The molecule has 0 fully saturated rings. The van der Waals surface area contributed by atoms with Crippen LogP contribution in [0.15, 0.2) is 24.3 Å². The maximum absolute atomic E-state index is 6.11. The van der Waals surface area contributed by atoms with Gasteiger partial charge in [0, 0.05) is 25.0 Å². The molecule has 120 valence electrons. The van der Waals surface area contributed by atoms with Crippen LogP contribution in [0.1, 0.15) is 40.0 Å². The summed E-state index contributed by atoms with van der Waals surface area (Å²) in [6.07, 6.45) is 2.80. The van der Waals surface area contributed by atoms with Crippen molar-refractivity contribution in [2.45, 2.75) is 40.0 Å². The van der Waals surface area contributed by atoms with Gasteiger partial charge in [0.2, 0.25) is 0 Å². The van der Waals surface area contributed by atoms with Crippen molar-refractivity contribution in [3.05, 3.63) is 24.3 Å². The van der Waals surface area contributed by atoms with Crippen molar-refractivity contribution in [2.24, 2.45) is 0 Å². The molecule has 0 saturated heterocycles. The summed E-state index contributed by atoms with van der Waals surface area (Å²) in [7, 11) is -1.20. The largest absolute Gasteiger partial charge is 0.537 e. The molecule has 4 nitrogen and oxygen atoms in total. The van der Waals surface area contributed by atoms with Gasteiger partial charge in [0.1, 0.15) is 5.75 Å². The molecule has 0 saturated carbocycles. The van der Waals surface area contributed by atoms with Gasteiger partial charge in [0.15, 0.2) is 0 Å². The molecule has 1 aromatic carbocycles. The minimum atomic E-state index is -2.86. The summed E-state index contributed by atoms with van der Waals surface area (Å²) in [5.41, 5.74) is 0. The first-order chi connectivity index (χ1) is 10.2. The lowest BCUT2D eigenvalue weighted by atomic mass is 10.3. The Hall–Kier alpha value is -0.883. The van der Waals surface area contributed by atoms with Crippen molar-refractivity contribution in [2.75, 3.05) is 26.9 Å². The van der Waals surface area contributed by atoms with E-state index in [0.29, 0.717) is 19.8 Å². The van der Waals surface area contributed by atoms with Gasteiger partial charge in [-0.2, -0.15) is 0 Å². The lowest BCUT2D eigenvalue weighted by molar-refractivity contribution is 0.0731. The Morgan fingerprint density at radius 1 is 0.857 bits per heavy atom. The third kappa shape index (κ3) is 5.43. The van der Waals surface area contributed by atoms with E-state index < -0.39 is 8.80 Å². The van der Waals surface area contributed by atoms with Crippen LogP contribution in [0.4, 0.5) is 0 Å².